The van der Waals surface area contributed by atoms with E-state index in [1.165, 1.54) is 15.8 Å². The number of thiophene rings is 1. The highest BCUT2D eigenvalue weighted by Gasteiger charge is 2.18. The van der Waals surface area contributed by atoms with Gasteiger partial charge in [-0.1, -0.05) is 109 Å². The maximum Gasteiger partial charge on any atom is 0.160 e. The first-order chi connectivity index (χ1) is 18.3. The molecule has 3 heterocycles. The average molecular weight is 492 g/mol. The molecule has 0 aliphatic rings. The summed E-state index contributed by atoms with van der Waals surface area (Å²) in [5.74, 6) is 0.734. The monoisotopic (exact) mass is 491 g/mol. The van der Waals surface area contributed by atoms with Gasteiger partial charge in [0, 0.05) is 33.0 Å². The topological polar surface area (TPSA) is 38.7 Å². The first-order valence-corrected chi connectivity index (χ1v) is 13.0. The number of hydrogen-bond donors (Lipinski definition) is 0. The summed E-state index contributed by atoms with van der Waals surface area (Å²) in [5.41, 5.74) is 8.49. The van der Waals surface area contributed by atoms with E-state index in [0.29, 0.717) is 0 Å². The second-order valence-electron chi connectivity index (χ2n) is 8.88. The Labute approximate surface area is 218 Å². The van der Waals surface area contributed by atoms with Crippen molar-refractivity contribution in [2.75, 3.05) is 0 Å². The maximum atomic E-state index is 5.13. The fourth-order valence-corrected chi connectivity index (χ4v) is 6.03. The third kappa shape index (κ3) is 3.88. The molecule has 3 aromatic heterocycles. The Hall–Kier alpha value is -4.67. The van der Waals surface area contributed by atoms with Crippen LogP contribution in [0, 0.1) is 0 Å². The van der Waals surface area contributed by atoms with Crippen LogP contribution in [0.5, 0.6) is 0 Å². The van der Waals surface area contributed by atoms with Crippen molar-refractivity contribution in [2.24, 2.45) is 0 Å². The summed E-state index contributed by atoms with van der Waals surface area (Å²) < 4.78 is 2.27. The van der Waals surface area contributed by atoms with Gasteiger partial charge in [0.25, 0.3) is 0 Å². The van der Waals surface area contributed by atoms with E-state index < -0.39 is 0 Å². The Balaban J connectivity index is 1.48. The molecule has 7 rings (SSSR count). The number of fused-ring (bicyclic) bond motifs is 3. The molecule has 4 aromatic carbocycles. The average Bonchev–Trinajstić information content (AvgIpc) is 3.37. The van der Waals surface area contributed by atoms with Crippen molar-refractivity contribution in [1.82, 2.24) is 15.0 Å². The minimum absolute atomic E-state index is 0.734. The third-order valence-corrected chi connectivity index (χ3v) is 7.81. The lowest BCUT2D eigenvalue weighted by Gasteiger charge is -2.08. The Bertz CT molecular complexity index is 1840. The minimum atomic E-state index is 0.734. The fourth-order valence-electron chi connectivity index (χ4n) is 4.75. The molecule has 0 amide bonds. The van der Waals surface area contributed by atoms with E-state index in [2.05, 4.69) is 89.9 Å². The molecule has 0 N–H and O–H groups in total. The summed E-state index contributed by atoms with van der Waals surface area (Å²) in [6.45, 7) is 0. The lowest BCUT2D eigenvalue weighted by molar-refractivity contribution is 1.24. The zero-order valence-corrected chi connectivity index (χ0v) is 20.7. The molecule has 3 nitrogen and oxygen atoms in total. The molecule has 174 valence electrons. The van der Waals surface area contributed by atoms with E-state index in [-0.39, 0.29) is 0 Å². The first-order valence-electron chi connectivity index (χ1n) is 12.2. The highest BCUT2D eigenvalue weighted by molar-refractivity contribution is 7.26. The number of rotatable bonds is 4. The molecule has 37 heavy (non-hydrogen) atoms. The Morgan fingerprint density at radius 3 is 1.89 bits per heavy atom. The van der Waals surface area contributed by atoms with Crippen molar-refractivity contribution in [3.63, 3.8) is 0 Å². The summed E-state index contributed by atoms with van der Waals surface area (Å²) in [5, 5.41) is 1.13. The Morgan fingerprint density at radius 1 is 0.486 bits per heavy atom. The second kappa shape index (κ2) is 9.08. The summed E-state index contributed by atoms with van der Waals surface area (Å²) in [4.78, 5) is 14.8. The van der Waals surface area contributed by atoms with Gasteiger partial charge in [0.1, 0.15) is 0 Å². The molecule has 0 aliphatic carbocycles. The van der Waals surface area contributed by atoms with Crippen LogP contribution in [0.4, 0.5) is 0 Å². The van der Waals surface area contributed by atoms with Crippen LogP contribution in [0.15, 0.2) is 128 Å². The maximum absolute atomic E-state index is 5.13. The second-order valence-corrected chi connectivity index (χ2v) is 9.90. The highest BCUT2D eigenvalue weighted by Crippen LogP contribution is 2.43. The van der Waals surface area contributed by atoms with E-state index in [1.54, 1.807) is 11.3 Å². The minimum Gasteiger partial charge on any atom is -0.256 e. The van der Waals surface area contributed by atoms with Crippen molar-refractivity contribution in [3.8, 4) is 45.0 Å². The van der Waals surface area contributed by atoms with E-state index in [9.17, 15) is 0 Å². The lowest BCUT2D eigenvalue weighted by atomic mass is 10.0. The summed E-state index contributed by atoms with van der Waals surface area (Å²) >= 11 is 1.74. The van der Waals surface area contributed by atoms with Gasteiger partial charge in [-0.2, -0.15) is 0 Å². The fraction of sp³-hybridized carbons (Fsp3) is 0. The van der Waals surface area contributed by atoms with Crippen molar-refractivity contribution >= 4 is 31.6 Å². The van der Waals surface area contributed by atoms with Crippen molar-refractivity contribution in [1.29, 1.82) is 0 Å². The molecule has 0 radical (unpaired) electrons. The molecular weight excluding hydrogens is 470 g/mol. The Morgan fingerprint density at radius 2 is 1.16 bits per heavy atom. The number of nitrogens with zero attached hydrogens (tertiary/aromatic N) is 3. The van der Waals surface area contributed by atoms with Crippen LogP contribution in [0.1, 0.15) is 0 Å². The molecule has 4 heteroatoms. The van der Waals surface area contributed by atoms with E-state index in [1.807, 2.05) is 42.6 Å². The van der Waals surface area contributed by atoms with Crippen LogP contribution in [-0.2, 0) is 0 Å². The van der Waals surface area contributed by atoms with Crippen LogP contribution in [-0.4, -0.2) is 15.0 Å². The largest absolute Gasteiger partial charge is 0.256 e. The van der Waals surface area contributed by atoms with Crippen LogP contribution in [0.3, 0.4) is 0 Å². The smallest absolute Gasteiger partial charge is 0.160 e. The van der Waals surface area contributed by atoms with Crippen LogP contribution < -0.4 is 0 Å². The van der Waals surface area contributed by atoms with E-state index >= 15 is 0 Å². The zero-order valence-electron chi connectivity index (χ0n) is 19.9. The third-order valence-electron chi connectivity index (χ3n) is 6.58. The number of benzene rings is 4. The van der Waals surface area contributed by atoms with Gasteiger partial charge >= 0.3 is 0 Å². The molecule has 0 saturated heterocycles. The van der Waals surface area contributed by atoms with Crippen molar-refractivity contribution in [2.45, 2.75) is 0 Å². The summed E-state index contributed by atoms with van der Waals surface area (Å²) in [6, 6.07) is 41.8. The van der Waals surface area contributed by atoms with Gasteiger partial charge in [0.2, 0.25) is 0 Å². The van der Waals surface area contributed by atoms with Crippen LogP contribution in [0.25, 0.3) is 65.3 Å². The molecule has 0 bridgehead atoms. The predicted octanol–water partition coefficient (Wildman–Crippen LogP) is 8.91. The van der Waals surface area contributed by atoms with Crippen LogP contribution in [0.2, 0.25) is 0 Å². The standard InChI is InChI=1S/C33H21N3S/c1-3-10-22(11-4-1)23-17-19-24(20-18-23)29-32-30(36-33(35-29)25-12-5-2-6-13-25)27-15-9-14-26(31(27)37-32)28-16-7-8-21-34-28/h1-21H. The van der Waals surface area contributed by atoms with Gasteiger partial charge in [-0.05, 0) is 23.3 Å². The molecule has 0 spiro atoms. The molecule has 0 atom stereocenters. The van der Waals surface area contributed by atoms with Gasteiger partial charge in [0.15, 0.2) is 5.82 Å². The molecule has 0 unspecified atom stereocenters. The molecule has 0 saturated carbocycles. The van der Waals surface area contributed by atoms with E-state index in [4.69, 9.17) is 9.97 Å². The van der Waals surface area contributed by atoms with Gasteiger partial charge in [-0.3, -0.25) is 4.98 Å². The molecule has 0 aliphatic heterocycles. The zero-order chi connectivity index (χ0) is 24.6. The molecule has 7 aromatic rings. The SMILES string of the molecule is c1ccc(-c2ccc(-c3nc(-c4ccccc4)nc4c3sc3c(-c5ccccn5)cccc34)cc2)cc1. The Kier molecular flexibility index (Phi) is 5.30. The normalized spacial score (nSPS) is 11.2. The van der Waals surface area contributed by atoms with Gasteiger partial charge in [-0.15, -0.1) is 11.3 Å². The predicted molar refractivity (Wildman–Crippen MR) is 154 cm³/mol. The summed E-state index contributed by atoms with van der Waals surface area (Å²) in [7, 11) is 0. The number of aromatic nitrogens is 3. The van der Waals surface area contributed by atoms with Crippen molar-refractivity contribution < 1.29 is 0 Å². The highest BCUT2D eigenvalue weighted by atomic mass is 32.1. The summed E-state index contributed by atoms with van der Waals surface area (Å²) in [6.07, 6.45) is 1.84. The molecule has 0 fully saturated rings. The first kappa shape index (κ1) is 21.6. The quantitative estimate of drug-likeness (QED) is 0.247. The van der Waals surface area contributed by atoms with Crippen molar-refractivity contribution in [3.05, 3.63) is 128 Å². The lowest BCUT2D eigenvalue weighted by Crippen LogP contribution is -1.93. The molecular formula is C33H21N3S. The van der Waals surface area contributed by atoms with Gasteiger partial charge < -0.3 is 0 Å². The van der Waals surface area contributed by atoms with Crippen LogP contribution >= 0.6 is 11.3 Å². The number of pyridine rings is 1. The van der Waals surface area contributed by atoms with E-state index in [0.717, 1.165) is 49.5 Å². The van der Waals surface area contributed by atoms with Gasteiger partial charge in [0.05, 0.1) is 21.6 Å². The number of hydrogen-bond acceptors (Lipinski definition) is 4. The van der Waals surface area contributed by atoms with Gasteiger partial charge in [-0.25, -0.2) is 9.97 Å².